The molecule has 1 N–H and O–H groups in total. The highest BCUT2D eigenvalue weighted by molar-refractivity contribution is 5.91. The Morgan fingerprint density at radius 3 is 2.30 bits per heavy atom. The lowest BCUT2D eigenvalue weighted by Crippen LogP contribution is -2.14. The lowest BCUT2D eigenvalue weighted by atomic mass is 10.2. The standard InChI is InChI=1S/C18H15F4N3O2/c1-26-14-7-11-13(8-15(14)27-2)24-17(18(20,21)22)25-16(11)23-9-10-5-3-4-6-12(10)19/h3-8H,9H2,1-2H3,(H,23,24,25). The fraction of sp³-hybridized carbons (Fsp3) is 0.222. The Morgan fingerprint density at radius 1 is 1.00 bits per heavy atom. The molecule has 0 aliphatic carbocycles. The van der Waals surface area contributed by atoms with Crippen molar-refractivity contribution in [2.45, 2.75) is 12.7 Å². The smallest absolute Gasteiger partial charge is 0.451 e. The highest BCUT2D eigenvalue weighted by atomic mass is 19.4. The summed E-state index contributed by atoms with van der Waals surface area (Å²) in [6, 6.07) is 8.76. The van der Waals surface area contributed by atoms with E-state index < -0.39 is 17.8 Å². The van der Waals surface area contributed by atoms with E-state index in [2.05, 4.69) is 15.3 Å². The van der Waals surface area contributed by atoms with Crippen molar-refractivity contribution in [1.82, 2.24) is 9.97 Å². The van der Waals surface area contributed by atoms with Gasteiger partial charge in [-0.05, 0) is 12.1 Å². The summed E-state index contributed by atoms with van der Waals surface area (Å²) in [5.74, 6) is -1.33. The zero-order valence-corrected chi connectivity index (χ0v) is 14.4. The van der Waals surface area contributed by atoms with Crippen LogP contribution in [0.15, 0.2) is 36.4 Å². The molecule has 0 saturated carbocycles. The molecular formula is C18H15F4N3O2. The third-order valence-electron chi connectivity index (χ3n) is 3.86. The van der Waals surface area contributed by atoms with Gasteiger partial charge >= 0.3 is 6.18 Å². The number of anilines is 1. The highest BCUT2D eigenvalue weighted by Gasteiger charge is 2.35. The molecule has 0 aliphatic heterocycles. The van der Waals surface area contributed by atoms with Crippen LogP contribution in [-0.4, -0.2) is 24.2 Å². The van der Waals surface area contributed by atoms with Crippen molar-refractivity contribution in [3.63, 3.8) is 0 Å². The van der Waals surface area contributed by atoms with Gasteiger partial charge in [0, 0.05) is 23.6 Å². The molecule has 0 bridgehead atoms. The van der Waals surface area contributed by atoms with Gasteiger partial charge in [-0.25, -0.2) is 14.4 Å². The third kappa shape index (κ3) is 3.86. The minimum Gasteiger partial charge on any atom is -0.493 e. The number of ether oxygens (including phenoxy) is 2. The molecule has 0 atom stereocenters. The number of alkyl halides is 3. The minimum absolute atomic E-state index is 0.0195. The van der Waals surface area contributed by atoms with Gasteiger partial charge in [-0.15, -0.1) is 0 Å². The number of methoxy groups -OCH3 is 2. The normalized spacial score (nSPS) is 11.5. The van der Waals surface area contributed by atoms with Crippen molar-refractivity contribution < 1.29 is 27.0 Å². The maximum atomic E-state index is 13.8. The zero-order valence-electron chi connectivity index (χ0n) is 14.4. The predicted octanol–water partition coefficient (Wildman–Crippen LogP) is 4.42. The van der Waals surface area contributed by atoms with Crippen molar-refractivity contribution in [1.29, 1.82) is 0 Å². The number of nitrogens with zero attached hydrogens (tertiary/aromatic N) is 2. The van der Waals surface area contributed by atoms with Gasteiger partial charge in [-0.2, -0.15) is 13.2 Å². The Labute approximate surface area is 152 Å². The molecule has 0 unspecified atom stereocenters. The van der Waals surface area contributed by atoms with Gasteiger partial charge in [0.2, 0.25) is 5.82 Å². The largest absolute Gasteiger partial charge is 0.493 e. The van der Waals surface area contributed by atoms with Crippen LogP contribution in [0.5, 0.6) is 11.5 Å². The second-order valence-corrected chi connectivity index (χ2v) is 5.56. The van der Waals surface area contributed by atoms with Crippen molar-refractivity contribution in [3.05, 3.63) is 53.6 Å². The van der Waals surface area contributed by atoms with Crippen LogP contribution >= 0.6 is 0 Å². The Kier molecular flexibility index (Phi) is 5.02. The summed E-state index contributed by atoms with van der Waals surface area (Å²) in [4.78, 5) is 7.16. The van der Waals surface area contributed by atoms with Gasteiger partial charge in [0.05, 0.1) is 19.7 Å². The third-order valence-corrected chi connectivity index (χ3v) is 3.86. The average molecular weight is 381 g/mol. The van der Waals surface area contributed by atoms with Crippen LogP contribution < -0.4 is 14.8 Å². The van der Waals surface area contributed by atoms with E-state index in [1.807, 2.05) is 0 Å². The van der Waals surface area contributed by atoms with Crippen molar-refractivity contribution >= 4 is 16.7 Å². The summed E-state index contributed by atoms with van der Waals surface area (Å²) in [5.41, 5.74) is 0.310. The average Bonchev–Trinajstić information content (AvgIpc) is 2.65. The van der Waals surface area contributed by atoms with E-state index in [4.69, 9.17) is 9.47 Å². The number of hydrogen-bond acceptors (Lipinski definition) is 5. The van der Waals surface area contributed by atoms with Crippen molar-refractivity contribution in [2.75, 3.05) is 19.5 Å². The van der Waals surface area contributed by atoms with Crippen LogP contribution in [0.25, 0.3) is 10.9 Å². The van der Waals surface area contributed by atoms with E-state index in [-0.39, 0.29) is 29.0 Å². The van der Waals surface area contributed by atoms with Gasteiger partial charge < -0.3 is 14.8 Å². The molecule has 27 heavy (non-hydrogen) atoms. The number of benzene rings is 2. The molecule has 3 rings (SSSR count). The van der Waals surface area contributed by atoms with Gasteiger partial charge in [-0.1, -0.05) is 18.2 Å². The van der Waals surface area contributed by atoms with Gasteiger partial charge in [-0.3, -0.25) is 0 Å². The second kappa shape index (κ2) is 7.26. The van der Waals surface area contributed by atoms with E-state index in [1.54, 1.807) is 6.07 Å². The fourth-order valence-corrected chi connectivity index (χ4v) is 2.54. The maximum absolute atomic E-state index is 13.8. The van der Waals surface area contributed by atoms with E-state index in [9.17, 15) is 17.6 Å². The summed E-state index contributed by atoms with van der Waals surface area (Å²) in [6.07, 6.45) is -4.74. The Bertz CT molecular complexity index is 977. The number of hydrogen-bond donors (Lipinski definition) is 1. The quantitative estimate of drug-likeness (QED) is 0.663. The molecule has 1 aromatic heterocycles. The predicted molar refractivity (Wildman–Crippen MR) is 91.4 cm³/mol. The SMILES string of the molecule is COc1cc2nc(C(F)(F)F)nc(NCc3ccccc3F)c2cc1OC. The van der Waals surface area contributed by atoms with Gasteiger partial charge in [0.25, 0.3) is 0 Å². The molecule has 0 spiro atoms. The van der Waals surface area contributed by atoms with Crippen LogP contribution in [0, 0.1) is 5.82 Å². The molecule has 0 fully saturated rings. The first kappa shape index (κ1) is 18.7. The number of aromatic nitrogens is 2. The van der Waals surface area contributed by atoms with E-state index in [1.165, 1.54) is 44.6 Å². The number of nitrogens with one attached hydrogen (secondary N) is 1. The topological polar surface area (TPSA) is 56.3 Å². The molecule has 1 heterocycles. The minimum atomic E-state index is -4.74. The molecule has 5 nitrogen and oxygen atoms in total. The summed E-state index contributed by atoms with van der Waals surface area (Å²) >= 11 is 0. The number of rotatable bonds is 5. The lowest BCUT2D eigenvalue weighted by Gasteiger charge is -2.15. The summed E-state index contributed by atoms with van der Waals surface area (Å²) in [7, 11) is 2.77. The van der Waals surface area contributed by atoms with Crippen LogP contribution in [0.2, 0.25) is 0 Å². The molecule has 3 aromatic rings. The molecule has 2 aromatic carbocycles. The lowest BCUT2D eigenvalue weighted by molar-refractivity contribution is -0.144. The first-order valence-corrected chi connectivity index (χ1v) is 7.81. The second-order valence-electron chi connectivity index (χ2n) is 5.56. The molecular weight excluding hydrogens is 366 g/mol. The van der Waals surface area contributed by atoms with E-state index in [0.717, 1.165) is 0 Å². The zero-order chi connectivity index (χ0) is 19.6. The number of halogens is 4. The molecule has 0 radical (unpaired) electrons. The fourth-order valence-electron chi connectivity index (χ4n) is 2.54. The first-order valence-electron chi connectivity index (χ1n) is 7.81. The highest BCUT2D eigenvalue weighted by Crippen LogP contribution is 2.36. The van der Waals surface area contributed by atoms with Crippen LogP contribution in [0.4, 0.5) is 23.4 Å². The first-order chi connectivity index (χ1) is 12.8. The molecule has 142 valence electrons. The molecule has 9 heteroatoms. The monoisotopic (exact) mass is 381 g/mol. The summed E-state index contributed by atoms with van der Waals surface area (Å²) in [5, 5.41) is 3.05. The van der Waals surface area contributed by atoms with Gasteiger partial charge in [0.15, 0.2) is 11.5 Å². The van der Waals surface area contributed by atoms with Crippen LogP contribution in [0.3, 0.4) is 0 Å². The maximum Gasteiger partial charge on any atom is 0.451 e. The summed E-state index contributed by atoms with van der Waals surface area (Å²) < 4.78 is 63.7. The Hall–Kier alpha value is -3.10. The molecule has 0 amide bonds. The Balaban J connectivity index is 2.11. The van der Waals surface area contributed by atoms with Crippen molar-refractivity contribution in [3.8, 4) is 11.5 Å². The molecule has 0 aliphatic rings. The summed E-state index contributed by atoms with van der Waals surface area (Å²) in [6.45, 7) is -0.0512. The Morgan fingerprint density at radius 2 is 1.67 bits per heavy atom. The van der Waals surface area contributed by atoms with Gasteiger partial charge in [0.1, 0.15) is 11.6 Å². The van der Waals surface area contributed by atoms with Crippen LogP contribution in [0.1, 0.15) is 11.4 Å². The van der Waals surface area contributed by atoms with E-state index >= 15 is 0 Å². The van der Waals surface area contributed by atoms with Crippen molar-refractivity contribution in [2.24, 2.45) is 0 Å². The van der Waals surface area contributed by atoms with Crippen LogP contribution in [-0.2, 0) is 12.7 Å². The number of fused-ring (bicyclic) bond motifs is 1. The van der Waals surface area contributed by atoms with E-state index in [0.29, 0.717) is 11.3 Å². The molecule has 0 saturated heterocycles.